The number of aromatic hydroxyl groups is 1. The number of carbonyl (C=O) groups is 1. The van der Waals surface area contributed by atoms with Crippen LogP contribution in [-0.4, -0.2) is 32.6 Å². The summed E-state index contributed by atoms with van der Waals surface area (Å²) in [5.74, 6) is 1.28. The van der Waals surface area contributed by atoms with Gasteiger partial charge in [0.25, 0.3) is 0 Å². The number of H-pyrrole nitrogens is 1. The normalized spacial score (nSPS) is 11.6. The van der Waals surface area contributed by atoms with Crippen molar-refractivity contribution in [3.05, 3.63) is 75.8 Å². The number of benzene rings is 3. The maximum absolute atomic E-state index is 11.9. The van der Waals surface area contributed by atoms with Gasteiger partial charge in [0.1, 0.15) is 28.7 Å². The van der Waals surface area contributed by atoms with Crippen LogP contribution in [0.4, 0.5) is 0 Å². The van der Waals surface area contributed by atoms with Gasteiger partial charge in [0.15, 0.2) is 11.3 Å². The van der Waals surface area contributed by atoms with Gasteiger partial charge in [-0.2, -0.15) is 15.4 Å². The maximum atomic E-state index is 11.9. The van der Waals surface area contributed by atoms with Crippen LogP contribution in [0.5, 0.6) is 17.2 Å². The number of fused-ring (bicyclic) bond motifs is 1. The van der Waals surface area contributed by atoms with Crippen LogP contribution in [0.25, 0.3) is 11.0 Å². The zero-order chi connectivity index (χ0) is 30.6. The molecule has 7 heteroatoms. The number of ether oxygens (including phenoxy) is 2. The van der Waals surface area contributed by atoms with Gasteiger partial charge in [-0.25, -0.2) is 4.79 Å². The number of esters is 1. The lowest BCUT2D eigenvalue weighted by Crippen LogP contribution is -2.17. The molecule has 0 aliphatic carbocycles. The summed E-state index contributed by atoms with van der Waals surface area (Å²) in [6.07, 6.45) is 8.40. The van der Waals surface area contributed by atoms with E-state index < -0.39 is 5.97 Å². The summed E-state index contributed by atoms with van der Waals surface area (Å²) in [6.45, 7) is 15.1. The zero-order valence-electron chi connectivity index (χ0n) is 26.3. The maximum Gasteiger partial charge on any atom is 0.342 e. The van der Waals surface area contributed by atoms with E-state index in [0.717, 1.165) is 67.5 Å². The van der Waals surface area contributed by atoms with Gasteiger partial charge in [-0.15, -0.1) is 0 Å². The van der Waals surface area contributed by atoms with E-state index in [1.165, 1.54) is 40.3 Å². The molecule has 0 radical (unpaired) electrons. The molecule has 4 aromatic rings. The minimum Gasteiger partial charge on any atom is -0.507 e. The monoisotopic (exact) mass is 573 g/mol. The summed E-state index contributed by atoms with van der Waals surface area (Å²) < 4.78 is 11.8. The SMILES string of the molecule is CCCCCC(CC)OC(=O)c1ccccc1O.CCCCc1c(C)c(C)c(C)c(C)c1Oc1cccc2n[nH]nc12. The average Bonchev–Trinajstić information content (AvgIpc) is 3.49. The molecule has 7 nitrogen and oxygen atoms in total. The van der Waals surface area contributed by atoms with Gasteiger partial charge in [0, 0.05) is 0 Å². The highest BCUT2D eigenvalue weighted by Crippen LogP contribution is 2.38. The first-order valence-corrected chi connectivity index (χ1v) is 15.3. The lowest BCUT2D eigenvalue weighted by Gasteiger charge is -2.21. The molecule has 0 fully saturated rings. The van der Waals surface area contributed by atoms with E-state index in [9.17, 15) is 9.90 Å². The highest BCUT2D eigenvalue weighted by Gasteiger charge is 2.19. The number of para-hydroxylation sites is 2. The lowest BCUT2D eigenvalue weighted by molar-refractivity contribution is 0.0264. The Morgan fingerprint density at radius 2 is 1.57 bits per heavy atom. The largest absolute Gasteiger partial charge is 0.507 e. The molecule has 1 unspecified atom stereocenters. The van der Waals surface area contributed by atoms with Gasteiger partial charge in [-0.3, -0.25) is 0 Å². The van der Waals surface area contributed by atoms with Crippen LogP contribution in [0, 0.1) is 27.7 Å². The number of phenolic OH excluding ortho intramolecular Hbond substituents is 1. The van der Waals surface area contributed by atoms with Gasteiger partial charge in [0.05, 0.1) is 0 Å². The number of hydrogen-bond acceptors (Lipinski definition) is 6. The summed E-state index contributed by atoms with van der Waals surface area (Å²) in [5.41, 5.74) is 8.37. The van der Waals surface area contributed by atoms with Gasteiger partial charge < -0.3 is 14.6 Å². The average molecular weight is 574 g/mol. The third-order valence-electron chi connectivity index (χ3n) is 8.04. The Bertz CT molecular complexity index is 1460. The molecule has 0 aliphatic rings. The lowest BCUT2D eigenvalue weighted by atomic mass is 9.90. The van der Waals surface area contributed by atoms with Crippen molar-refractivity contribution in [3.63, 3.8) is 0 Å². The zero-order valence-corrected chi connectivity index (χ0v) is 26.3. The summed E-state index contributed by atoms with van der Waals surface area (Å²) in [5, 5.41) is 20.6. The smallest absolute Gasteiger partial charge is 0.342 e. The van der Waals surface area contributed by atoms with Gasteiger partial charge in [-0.05, 0) is 112 Å². The molecule has 42 heavy (non-hydrogen) atoms. The Morgan fingerprint density at radius 1 is 0.857 bits per heavy atom. The van der Waals surface area contributed by atoms with Crippen molar-refractivity contribution >= 4 is 17.0 Å². The summed E-state index contributed by atoms with van der Waals surface area (Å²) in [6, 6.07) is 12.3. The Balaban J connectivity index is 0.000000241. The van der Waals surface area contributed by atoms with Crippen LogP contribution in [0.15, 0.2) is 42.5 Å². The number of phenols is 1. The van der Waals surface area contributed by atoms with Crippen LogP contribution in [0.1, 0.15) is 104 Å². The molecule has 2 N–H and O–H groups in total. The summed E-state index contributed by atoms with van der Waals surface area (Å²) in [7, 11) is 0. The van der Waals surface area contributed by atoms with E-state index in [0.29, 0.717) is 0 Å². The minimum absolute atomic E-state index is 0.0223. The van der Waals surface area contributed by atoms with Crippen molar-refractivity contribution < 1.29 is 19.4 Å². The Labute approximate surface area is 250 Å². The fourth-order valence-corrected chi connectivity index (χ4v) is 5.01. The molecule has 0 saturated heterocycles. The van der Waals surface area contributed by atoms with E-state index >= 15 is 0 Å². The van der Waals surface area contributed by atoms with Crippen molar-refractivity contribution in [1.82, 2.24) is 15.4 Å². The van der Waals surface area contributed by atoms with E-state index in [2.05, 4.69) is 57.0 Å². The molecule has 3 aromatic carbocycles. The number of unbranched alkanes of at least 4 members (excludes halogenated alkanes) is 3. The van der Waals surface area contributed by atoms with Gasteiger partial charge >= 0.3 is 5.97 Å². The fraction of sp³-hybridized carbons (Fsp3) is 0.457. The van der Waals surface area contributed by atoms with Crippen molar-refractivity contribution in [2.24, 2.45) is 0 Å². The molecule has 1 aromatic heterocycles. The first-order valence-electron chi connectivity index (χ1n) is 15.3. The van der Waals surface area contributed by atoms with Crippen molar-refractivity contribution in [1.29, 1.82) is 0 Å². The quantitative estimate of drug-likeness (QED) is 0.129. The van der Waals surface area contributed by atoms with Crippen LogP contribution in [0.2, 0.25) is 0 Å². The Hall–Kier alpha value is -3.87. The van der Waals surface area contributed by atoms with Crippen LogP contribution in [0.3, 0.4) is 0 Å². The second kappa shape index (κ2) is 15.9. The highest BCUT2D eigenvalue weighted by molar-refractivity contribution is 5.92. The van der Waals surface area contributed by atoms with Crippen molar-refractivity contribution in [2.75, 3.05) is 0 Å². The number of nitrogens with one attached hydrogen (secondary N) is 1. The number of rotatable bonds is 12. The first kappa shape index (κ1) is 32.6. The second-order valence-electron chi connectivity index (χ2n) is 10.9. The summed E-state index contributed by atoms with van der Waals surface area (Å²) >= 11 is 0. The molecule has 0 amide bonds. The number of carbonyl (C=O) groups excluding carboxylic acids is 1. The van der Waals surface area contributed by atoms with Crippen molar-refractivity contribution in [3.8, 4) is 17.2 Å². The van der Waals surface area contributed by atoms with Crippen LogP contribution in [-0.2, 0) is 11.2 Å². The standard InChI is InChI=1S/C20H25N3O.C15H22O3/c1-6-7-9-16-14(4)12(2)13(3)15(5)20(16)24-18-11-8-10-17-19(18)22-23-21-17;1-3-5-6-9-12(4-2)18-15(17)13-10-7-8-11-14(13)16/h8,10-11H,6-7,9H2,1-5H3,(H,21,22,23);7-8,10-12,16H,3-6,9H2,1-2H3. The topological polar surface area (TPSA) is 97.3 Å². The molecule has 1 atom stereocenters. The first-order chi connectivity index (χ1) is 20.2. The second-order valence-corrected chi connectivity index (χ2v) is 10.9. The fourth-order valence-electron chi connectivity index (χ4n) is 5.01. The predicted molar refractivity (Wildman–Crippen MR) is 170 cm³/mol. The molecule has 226 valence electrons. The molecule has 0 saturated carbocycles. The number of aromatic amines is 1. The molecule has 0 spiro atoms. The molecule has 1 heterocycles. The van der Waals surface area contributed by atoms with Gasteiger partial charge in [0.2, 0.25) is 0 Å². The molecular weight excluding hydrogens is 526 g/mol. The predicted octanol–water partition coefficient (Wildman–Crippen LogP) is 9.23. The van der Waals surface area contributed by atoms with E-state index in [1.807, 2.05) is 25.1 Å². The molecule has 4 rings (SSSR count). The minimum atomic E-state index is -0.434. The van der Waals surface area contributed by atoms with E-state index in [1.54, 1.807) is 18.2 Å². The molecule has 0 aliphatic heterocycles. The number of hydrogen-bond donors (Lipinski definition) is 2. The highest BCUT2D eigenvalue weighted by atomic mass is 16.5. The Kier molecular flexibility index (Phi) is 12.4. The van der Waals surface area contributed by atoms with Crippen LogP contribution >= 0.6 is 0 Å². The van der Waals surface area contributed by atoms with Crippen molar-refractivity contribution in [2.45, 2.75) is 106 Å². The van der Waals surface area contributed by atoms with Gasteiger partial charge in [-0.1, -0.05) is 58.2 Å². The third kappa shape index (κ3) is 8.11. The third-order valence-corrected chi connectivity index (χ3v) is 8.04. The van der Waals surface area contributed by atoms with Crippen LogP contribution < -0.4 is 4.74 Å². The van der Waals surface area contributed by atoms with E-state index in [-0.39, 0.29) is 17.4 Å². The summed E-state index contributed by atoms with van der Waals surface area (Å²) in [4.78, 5) is 11.9. The number of nitrogens with zero attached hydrogens (tertiary/aromatic N) is 2. The van der Waals surface area contributed by atoms with E-state index in [4.69, 9.17) is 9.47 Å². The number of aromatic nitrogens is 3. The molecular formula is C35H47N3O4. The Morgan fingerprint density at radius 3 is 2.26 bits per heavy atom. The molecule has 0 bridgehead atoms.